The van der Waals surface area contributed by atoms with Crippen molar-refractivity contribution >= 4 is 22.0 Å². The quantitative estimate of drug-likeness (QED) is 0.631. The molecule has 1 unspecified atom stereocenters. The molecule has 0 amide bonds. The molecule has 2 N–H and O–H groups in total. The van der Waals surface area contributed by atoms with Gasteiger partial charge in [-0.25, -0.2) is 13.8 Å². The monoisotopic (exact) mass is 340 g/mol. The highest BCUT2D eigenvalue weighted by atomic mass is 79.9. The fourth-order valence-corrected chi connectivity index (χ4v) is 2.14. The van der Waals surface area contributed by atoms with Crippen LogP contribution >= 0.6 is 15.9 Å². The van der Waals surface area contributed by atoms with Gasteiger partial charge < -0.3 is 10.5 Å². The number of nitrogens with zero attached hydrogens (tertiary/aromatic N) is 1. The second kappa shape index (κ2) is 4.36. The van der Waals surface area contributed by atoms with Crippen LogP contribution in [0.15, 0.2) is 21.6 Å². The molecule has 2 rings (SSSR count). The zero-order valence-corrected chi connectivity index (χ0v) is 11.3. The highest BCUT2D eigenvalue weighted by Crippen LogP contribution is 2.45. The molecule has 0 saturated heterocycles. The molecule has 8 heteroatoms. The first-order valence-corrected chi connectivity index (χ1v) is 5.97. The van der Waals surface area contributed by atoms with Gasteiger partial charge in [-0.15, -0.1) is 0 Å². The van der Waals surface area contributed by atoms with E-state index >= 15 is 0 Å². The highest BCUT2D eigenvalue weighted by molar-refractivity contribution is 9.10. The summed E-state index contributed by atoms with van der Waals surface area (Å²) in [5.41, 5.74) is 2.56. The summed E-state index contributed by atoms with van der Waals surface area (Å²) in [6, 6.07) is 0.982. The van der Waals surface area contributed by atoms with Crippen molar-refractivity contribution in [3.05, 3.63) is 33.8 Å². The van der Waals surface area contributed by atoms with E-state index in [2.05, 4.69) is 25.7 Å². The van der Waals surface area contributed by atoms with Gasteiger partial charge in [0, 0.05) is 11.6 Å². The molecule has 1 aliphatic rings. The zero-order valence-electron chi connectivity index (χ0n) is 9.68. The van der Waals surface area contributed by atoms with Crippen LogP contribution in [0.25, 0.3) is 0 Å². The maximum absolute atomic E-state index is 14.0. The number of amidine groups is 1. The summed E-state index contributed by atoms with van der Waals surface area (Å²) in [6.45, 7) is -0.00158. The molecule has 0 spiro atoms. The normalized spacial score (nSPS) is 25.7. The van der Waals surface area contributed by atoms with Gasteiger partial charge in [0.1, 0.15) is 11.6 Å². The average molecular weight is 341 g/mol. The summed E-state index contributed by atoms with van der Waals surface area (Å²) in [5, 5.41) is 0. The van der Waals surface area contributed by atoms with Gasteiger partial charge in [0.25, 0.3) is 6.02 Å². The molecular formula is C11H9BrF4N2O. The van der Waals surface area contributed by atoms with Gasteiger partial charge in [0.05, 0.1) is 4.47 Å². The summed E-state index contributed by atoms with van der Waals surface area (Å²) >= 11 is 2.83. The predicted octanol–water partition coefficient (Wildman–Crippen LogP) is 2.92. The minimum atomic E-state index is -3.48. The van der Waals surface area contributed by atoms with Gasteiger partial charge in [-0.1, -0.05) is 0 Å². The molecule has 3 nitrogen and oxygen atoms in total. The smallest absolute Gasteiger partial charge is 0.310 e. The van der Waals surface area contributed by atoms with E-state index in [1.165, 1.54) is 0 Å². The van der Waals surface area contributed by atoms with Crippen LogP contribution in [-0.2, 0) is 10.3 Å². The molecule has 1 heterocycles. The minimum absolute atomic E-state index is 0.138. The molecule has 1 aromatic carbocycles. The lowest BCUT2D eigenvalue weighted by Gasteiger charge is -2.37. The first-order chi connectivity index (χ1) is 8.67. The lowest BCUT2D eigenvalue weighted by Crippen LogP contribution is -2.51. The Kier molecular flexibility index (Phi) is 3.24. The van der Waals surface area contributed by atoms with E-state index in [0.29, 0.717) is 6.07 Å². The highest BCUT2D eigenvalue weighted by Gasteiger charge is 2.56. The van der Waals surface area contributed by atoms with Crippen LogP contribution < -0.4 is 5.73 Å². The molecule has 1 aliphatic heterocycles. The topological polar surface area (TPSA) is 47.6 Å². The number of ether oxygens (including phenoxy) is 1. The Morgan fingerprint density at radius 3 is 2.58 bits per heavy atom. The minimum Gasteiger partial charge on any atom is -0.459 e. The lowest BCUT2D eigenvalue weighted by molar-refractivity contribution is -0.117. The molecule has 1 atom stereocenters. The van der Waals surface area contributed by atoms with Gasteiger partial charge in [-0.3, -0.25) is 0 Å². The molecule has 0 aromatic heterocycles. The van der Waals surface area contributed by atoms with Crippen LogP contribution in [0, 0.1) is 11.6 Å². The number of hydrogen-bond donors (Lipinski definition) is 1. The first-order valence-electron chi connectivity index (χ1n) is 5.18. The predicted molar refractivity (Wildman–Crippen MR) is 63.9 cm³/mol. The summed E-state index contributed by atoms with van der Waals surface area (Å²) < 4.78 is 59.2. The summed E-state index contributed by atoms with van der Waals surface area (Å²) in [7, 11) is 0. The Hall–Kier alpha value is -1.31. The third-order valence-electron chi connectivity index (χ3n) is 2.98. The van der Waals surface area contributed by atoms with Crippen molar-refractivity contribution in [1.82, 2.24) is 0 Å². The van der Waals surface area contributed by atoms with Crippen molar-refractivity contribution in [1.29, 1.82) is 0 Å². The van der Waals surface area contributed by atoms with Crippen LogP contribution in [0.3, 0.4) is 0 Å². The zero-order chi connectivity index (χ0) is 14.4. The van der Waals surface area contributed by atoms with E-state index in [4.69, 9.17) is 5.73 Å². The van der Waals surface area contributed by atoms with Crippen molar-refractivity contribution in [2.24, 2.45) is 10.7 Å². The average Bonchev–Trinajstić information content (AvgIpc) is 2.29. The van der Waals surface area contributed by atoms with E-state index in [1.807, 2.05) is 0 Å². The molecule has 104 valence electrons. The number of alkyl halides is 2. The molecular weight excluding hydrogens is 332 g/mol. The first kappa shape index (κ1) is 14.1. The molecule has 0 radical (unpaired) electrons. The van der Waals surface area contributed by atoms with Crippen molar-refractivity contribution in [2.45, 2.75) is 18.4 Å². The Labute approximate surface area is 114 Å². The Balaban J connectivity index is 2.67. The second-order valence-corrected chi connectivity index (χ2v) is 5.12. The number of hydrogen-bond acceptors (Lipinski definition) is 3. The number of halogens is 5. The Morgan fingerprint density at radius 1 is 1.32 bits per heavy atom. The summed E-state index contributed by atoms with van der Waals surface area (Å²) in [6.07, 6.45) is 0. The van der Waals surface area contributed by atoms with E-state index in [-0.39, 0.29) is 4.47 Å². The molecule has 19 heavy (non-hydrogen) atoms. The van der Waals surface area contributed by atoms with Crippen LogP contribution in [0.2, 0.25) is 0 Å². The maximum atomic E-state index is 14.0. The molecule has 1 aromatic rings. The summed E-state index contributed by atoms with van der Waals surface area (Å²) in [4.78, 5) is 3.51. The van der Waals surface area contributed by atoms with Crippen LogP contribution in [-0.4, -0.2) is 18.6 Å². The molecule has 0 bridgehead atoms. The fraction of sp³-hybridized carbons (Fsp3) is 0.364. The third-order valence-corrected chi connectivity index (χ3v) is 3.59. The van der Waals surface area contributed by atoms with E-state index in [9.17, 15) is 17.6 Å². The second-order valence-electron chi connectivity index (χ2n) is 4.26. The molecule has 0 aliphatic carbocycles. The van der Waals surface area contributed by atoms with Crippen molar-refractivity contribution < 1.29 is 22.3 Å². The van der Waals surface area contributed by atoms with Gasteiger partial charge in [0.15, 0.2) is 12.1 Å². The van der Waals surface area contributed by atoms with Gasteiger partial charge in [0.2, 0.25) is 0 Å². The van der Waals surface area contributed by atoms with Gasteiger partial charge in [-0.05, 0) is 28.9 Å². The van der Waals surface area contributed by atoms with Crippen LogP contribution in [0.1, 0.15) is 12.5 Å². The third kappa shape index (κ3) is 2.18. The largest absolute Gasteiger partial charge is 0.459 e. The van der Waals surface area contributed by atoms with E-state index < -0.39 is 41.3 Å². The van der Waals surface area contributed by atoms with Crippen LogP contribution in [0.5, 0.6) is 0 Å². The Morgan fingerprint density at radius 2 is 1.95 bits per heavy atom. The lowest BCUT2D eigenvalue weighted by atomic mass is 9.85. The number of benzene rings is 1. The number of aliphatic imine (C=N–C) groups is 1. The maximum Gasteiger partial charge on any atom is 0.310 e. The Bertz CT molecular complexity index is 564. The van der Waals surface area contributed by atoms with Crippen molar-refractivity contribution in [3.63, 3.8) is 0 Å². The molecule has 0 fully saturated rings. The van der Waals surface area contributed by atoms with E-state index in [1.54, 1.807) is 0 Å². The fourth-order valence-electron chi connectivity index (χ4n) is 1.79. The molecule has 0 saturated carbocycles. The van der Waals surface area contributed by atoms with Crippen LogP contribution in [0.4, 0.5) is 17.6 Å². The van der Waals surface area contributed by atoms with E-state index in [0.717, 1.165) is 13.0 Å². The standard InChI is InChI=1S/C11H9BrF4N2O/c1-10(11(15,16)4-19-9(17)18-10)5-2-6(12)8(14)3-7(5)13/h2-3H,4H2,1H3,(H2,17,18). The number of rotatable bonds is 1. The van der Waals surface area contributed by atoms with Gasteiger partial charge in [-0.2, -0.15) is 8.78 Å². The summed E-state index contributed by atoms with van der Waals surface area (Å²) in [5.74, 6) is -5.49. The van der Waals surface area contributed by atoms with Crippen molar-refractivity contribution in [3.8, 4) is 0 Å². The van der Waals surface area contributed by atoms with Gasteiger partial charge >= 0.3 is 5.92 Å². The SMILES string of the molecule is CC1(c2cc(Br)c(F)cc2F)N=C(N)OCC1(F)F. The number of nitrogens with two attached hydrogens (primary N) is 1. The van der Waals surface area contributed by atoms with Crippen molar-refractivity contribution in [2.75, 3.05) is 6.61 Å².